The van der Waals surface area contributed by atoms with Crippen LogP contribution in [0.4, 0.5) is 4.39 Å². The van der Waals surface area contributed by atoms with E-state index in [0.717, 1.165) is 32.3 Å². The quantitative estimate of drug-likeness (QED) is 0.476. The minimum Gasteiger partial charge on any atom is -0.497 e. The summed E-state index contributed by atoms with van der Waals surface area (Å²) in [6.07, 6.45) is 2.36. The first-order valence-corrected chi connectivity index (χ1v) is 10.7. The number of thiazole rings is 1. The predicted molar refractivity (Wildman–Crippen MR) is 117 cm³/mol. The van der Waals surface area contributed by atoms with Crippen LogP contribution in [0, 0.1) is 5.82 Å². The molecule has 0 spiro atoms. The number of fused-ring (bicyclic) bond motifs is 2. The fourth-order valence-electron chi connectivity index (χ4n) is 4.13. The van der Waals surface area contributed by atoms with Gasteiger partial charge in [-0.05, 0) is 42.5 Å². The van der Waals surface area contributed by atoms with E-state index in [-0.39, 0.29) is 5.82 Å². The molecule has 0 aliphatic carbocycles. The topological polar surface area (TPSA) is 78.4 Å². The summed E-state index contributed by atoms with van der Waals surface area (Å²) >= 11 is 1.59. The molecule has 2 N–H and O–H groups in total. The number of benzene rings is 2. The molecule has 3 heterocycles. The first-order valence-electron chi connectivity index (χ1n) is 9.90. The molecule has 1 aliphatic heterocycles. The van der Waals surface area contributed by atoms with Gasteiger partial charge in [0, 0.05) is 52.6 Å². The van der Waals surface area contributed by atoms with Crippen molar-refractivity contribution in [2.75, 3.05) is 13.7 Å². The van der Waals surface area contributed by atoms with Crippen molar-refractivity contribution in [3.8, 4) is 16.3 Å². The molecule has 0 bridgehead atoms. The number of ether oxygens (including phenoxy) is 1. The smallest absolute Gasteiger partial charge is 0.325 e. The van der Waals surface area contributed by atoms with Crippen LogP contribution in [0.1, 0.15) is 22.2 Å². The first-order chi connectivity index (χ1) is 15.0. The average Bonchev–Trinajstić information content (AvgIpc) is 3.37. The molecule has 0 saturated carbocycles. The van der Waals surface area contributed by atoms with Gasteiger partial charge in [0.1, 0.15) is 22.6 Å². The number of halogens is 1. The summed E-state index contributed by atoms with van der Waals surface area (Å²) in [4.78, 5) is 23.1. The monoisotopic (exact) mass is 437 g/mol. The van der Waals surface area contributed by atoms with Gasteiger partial charge in [-0.15, -0.1) is 11.3 Å². The number of aromatic nitrogens is 2. The molecule has 8 heteroatoms. The van der Waals surface area contributed by atoms with E-state index in [2.05, 4.69) is 4.98 Å². The lowest BCUT2D eigenvalue weighted by atomic mass is 10.0. The molecule has 1 atom stereocenters. The molecule has 6 nitrogen and oxygen atoms in total. The van der Waals surface area contributed by atoms with Gasteiger partial charge in [0.2, 0.25) is 0 Å². The van der Waals surface area contributed by atoms with Gasteiger partial charge in [-0.1, -0.05) is 0 Å². The molecule has 0 radical (unpaired) electrons. The SMILES string of the molecule is COc1ccc(-c2nc3c(s2)CN([C@@H](C(=O)O)c2c[nH]c4cc(F)ccc24)CC3)cc1. The number of hydrogen-bond acceptors (Lipinski definition) is 5. The molecule has 5 rings (SSSR count). The summed E-state index contributed by atoms with van der Waals surface area (Å²) in [5.41, 5.74) is 3.28. The molecule has 2 aromatic heterocycles. The van der Waals surface area contributed by atoms with Crippen molar-refractivity contribution >= 4 is 28.2 Å². The van der Waals surface area contributed by atoms with Crippen LogP contribution in [0.15, 0.2) is 48.7 Å². The summed E-state index contributed by atoms with van der Waals surface area (Å²) < 4.78 is 18.8. The van der Waals surface area contributed by atoms with E-state index in [4.69, 9.17) is 9.72 Å². The zero-order chi connectivity index (χ0) is 21.5. The normalized spacial score (nSPS) is 15.0. The second-order valence-corrected chi connectivity index (χ2v) is 8.60. The third-order valence-corrected chi connectivity index (χ3v) is 6.80. The number of rotatable bonds is 5. The van der Waals surface area contributed by atoms with Crippen LogP contribution < -0.4 is 4.74 Å². The number of methoxy groups -OCH3 is 1. The van der Waals surface area contributed by atoms with Gasteiger partial charge in [0.15, 0.2) is 0 Å². The van der Waals surface area contributed by atoms with Crippen LogP contribution in [0.3, 0.4) is 0 Å². The maximum absolute atomic E-state index is 13.6. The Hall–Kier alpha value is -3.23. The molecule has 0 unspecified atom stereocenters. The lowest BCUT2D eigenvalue weighted by Crippen LogP contribution is -2.37. The van der Waals surface area contributed by atoms with Crippen LogP contribution in [-0.4, -0.2) is 39.6 Å². The van der Waals surface area contributed by atoms with Crippen molar-refractivity contribution in [3.05, 3.63) is 70.6 Å². The molecule has 0 fully saturated rings. The molecule has 158 valence electrons. The van der Waals surface area contributed by atoms with Crippen LogP contribution in [0.2, 0.25) is 0 Å². The Bertz CT molecular complexity index is 1270. The maximum atomic E-state index is 13.6. The summed E-state index contributed by atoms with van der Waals surface area (Å²) in [5.74, 6) is -0.487. The Morgan fingerprint density at radius 1 is 1.29 bits per heavy atom. The van der Waals surface area contributed by atoms with Gasteiger partial charge in [0.05, 0.1) is 12.8 Å². The van der Waals surface area contributed by atoms with Crippen molar-refractivity contribution < 1.29 is 19.0 Å². The van der Waals surface area contributed by atoms with E-state index in [0.29, 0.717) is 30.6 Å². The van der Waals surface area contributed by atoms with E-state index in [9.17, 15) is 14.3 Å². The summed E-state index contributed by atoms with van der Waals surface area (Å²) in [6, 6.07) is 11.3. The van der Waals surface area contributed by atoms with E-state index in [1.807, 2.05) is 29.2 Å². The minimum absolute atomic E-state index is 0.355. The highest BCUT2D eigenvalue weighted by atomic mass is 32.1. The highest BCUT2D eigenvalue weighted by Crippen LogP contribution is 2.37. The predicted octanol–water partition coefficient (Wildman–Crippen LogP) is 4.62. The van der Waals surface area contributed by atoms with Gasteiger partial charge in [-0.2, -0.15) is 0 Å². The Balaban J connectivity index is 1.45. The molecular formula is C23H20FN3O3S. The van der Waals surface area contributed by atoms with E-state index in [1.165, 1.54) is 12.1 Å². The lowest BCUT2D eigenvalue weighted by Gasteiger charge is -2.31. The Kier molecular flexibility index (Phi) is 4.95. The zero-order valence-electron chi connectivity index (χ0n) is 16.8. The number of nitrogens with zero attached hydrogens (tertiary/aromatic N) is 2. The highest BCUT2D eigenvalue weighted by Gasteiger charge is 2.33. The van der Waals surface area contributed by atoms with Gasteiger partial charge in [-0.25, -0.2) is 9.37 Å². The largest absolute Gasteiger partial charge is 0.497 e. The number of hydrogen-bond donors (Lipinski definition) is 2. The molecule has 4 aromatic rings. The molecule has 0 amide bonds. The average molecular weight is 437 g/mol. The molecular weight excluding hydrogens is 417 g/mol. The Morgan fingerprint density at radius 3 is 2.84 bits per heavy atom. The lowest BCUT2D eigenvalue weighted by molar-refractivity contribution is -0.144. The second kappa shape index (κ2) is 7.79. The van der Waals surface area contributed by atoms with E-state index < -0.39 is 12.0 Å². The van der Waals surface area contributed by atoms with Crippen LogP contribution >= 0.6 is 11.3 Å². The Labute approximate surface area is 181 Å². The molecule has 2 aromatic carbocycles. The number of H-pyrrole nitrogens is 1. The number of aliphatic carboxylic acids is 1. The number of nitrogens with one attached hydrogen (secondary N) is 1. The number of carboxylic acid groups (broad SMARTS) is 1. The molecule has 31 heavy (non-hydrogen) atoms. The summed E-state index contributed by atoms with van der Waals surface area (Å²) in [5, 5.41) is 11.7. The summed E-state index contributed by atoms with van der Waals surface area (Å²) in [6.45, 7) is 1.09. The highest BCUT2D eigenvalue weighted by molar-refractivity contribution is 7.15. The third-order valence-electron chi connectivity index (χ3n) is 5.67. The van der Waals surface area contributed by atoms with E-state index >= 15 is 0 Å². The second-order valence-electron chi connectivity index (χ2n) is 7.51. The van der Waals surface area contributed by atoms with Gasteiger partial charge < -0.3 is 14.8 Å². The maximum Gasteiger partial charge on any atom is 0.325 e. The number of carboxylic acids is 1. The fraction of sp³-hybridized carbons (Fsp3) is 0.217. The van der Waals surface area contributed by atoms with Crippen LogP contribution in [-0.2, 0) is 17.8 Å². The zero-order valence-corrected chi connectivity index (χ0v) is 17.6. The van der Waals surface area contributed by atoms with Crippen molar-refractivity contribution in [1.29, 1.82) is 0 Å². The molecule has 1 aliphatic rings. The first kappa shape index (κ1) is 19.7. The van der Waals surface area contributed by atoms with Crippen LogP contribution in [0.5, 0.6) is 5.75 Å². The molecule has 0 saturated heterocycles. The van der Waals surface area contributed by atoms with Crippen molar-refractivity contribution in [1.82, 2.24) is 14.9 Å². The fourth-order valence-corrected chi connectivity index (χ4v) is 5.26. The van der Waals surface area contributed by atoms with Crippen molar-refractivity contribution in [2.45, 2.75) is 19.0 Å². The van der Waals surface area contributed by atoms with Crippen molar-refractivity contribution in [3.63, 3.8) is 0 Å². The van der Waals surface area contributed by atoms with Gasteiger partial charge >= 0.3 is 5.97 Å². The minimum atomic E-state index is -0.923. The van der Waals surface area contributed by atoms with Crippen LogP contribution in [0.25, 0.3) is 21.5 Å². The summed E-state index contributed by atoms with van der Waals surface area (Å²) in [7, 11) is 1.63. The van der Waals surface area contributed by atoms with Gasteiger partial charge in [0.25, 0.3) is 0 Å². The third kappa shape index (κ3) is 3.58. The number of carbonyl (C=O) groups is 1. The standard InChI is InChI=1S/C23H20FN3O3S/c1-30-15-5-2-13(3-6-15)22-26-18-8-9-27(12-20(18)31-22)21(23(28)29)17-11-25-19-10-14(24)4-7-16(17)19/h2-7,10-11,21,25H,8-9,12H2,1H3,(H,28,29)/t21-/m1/s1. The Morgan fingerprint density at radius 2 is 2.10 bits per heavy atom. The van der Waals surface area contributed by atoms with Crippen molar-refractivity contribution in [2.24, 2.45) is 0 Å². The van der Waals surface area contributed by atoms with Gasteiger partial charge in [-0.3, -0.25) is 9.69 Å². The van der Waals surface area contributed by atoms with E-state index in [1.54, 1.807) is 30.7 Å². The number of aromatic amines is 1.